The number of carboxylic acids is 1. The third-order valence-electron chi connectivity index (χ3n) is 1.95. The second-order valence-corrected chi connectivity index (χ2v) is 3.57. The lowest BCUT2D eigenvalue weighted by Gasteiger charge is -2.13. The van der Waals surface area contributed by atoms with Crippen LogP contribution in [0.15, 0.2) is 0 Å². The van der Waals surface area contributed by atoms with Crippen molar-refractivity contribution in [2.45, 2.75) is 6.92 Å². The van der Waals surface area contributed by atoms with Crippen molar-refractivity contribution < 1.29 is 19.7 Å². The molecule has 0 saturated carbocycles. The van der Waals surface area contributed by atoms with E-state index >= 15 is 0 Å². The quantitative estimate of drug-likeness (QED) is 0.847. The predicted molar refractivity (Wildman–Crippen MR) is 56.4 cm³/mol. The number of benzene rings is 1. The molecule has 82 valence electrons. The number of rotatable bonds is 2. The van der Waals surface area contributed by atoms with Gasteiger partial charge in [0.25, 0.3) is 0 Å². The lowest BCUT2D eigenvalue weighted by atomic mass is 10.1. The highest BCUT2D eigenvalue weighted by Crippen LogP contribution is 2.43. The lowest BCUT2D eigenvalue weighted by molar-refractivity contribution is 0.0690. The second-order valence-electron chi connectivity index (χ2n) is 2.81. The first-order valence-corrected chi connectivity index (χ1v) is 4.65. The van der Waals surface area contributed by atoms with Crippen molar-refractivity contribution in [3.8, 4) is 11.5 Å². The number of carbonyl (C=O) groups is 1. The van der Waals surface area contributed by atoms with Crippen molar-refractivity contribution in [1.29, 1.82) is 0 Å². The smallest absolute Gasteiger partial charge is 0.343 e. The number of carboxylic acid groups (broad SMARTS) is 1. The molecule has 0 saturated heterocycles. The maximum atomic E-state index is 10.9. The number of aromatic hydroxyl groups is 1. The molecule has 0 unspecified atom stereocenters. The van der Waals surface area contributed by atoms with Crippen LogP contribution < -0.4 is 4.74 Å². The van der Waals surface area contributed by atoms with Crippen LogP contribution in [0.5, 0.6) is 11.5 Å². The first-order chi connectivity index (χ1) is 6.91. The number of halogens is 2. The highest BCUT2D eigenvalue weighted by molar-refractivity contribution is 6.38. The minimum absolute atomic E-state index is 0.0812. The average Bonchev–Trinajstić information content (AvgIpc) is 2.19. The molecule has 1 aromatic carbocycles. The Hall–Kier alpha value is -1.13. The van der Waals surface area contributed by atoms with Gasteiger partial charge in [0.05, 0.1) is 17.2 Å². The molecular formula is C9H8Cl2O4. The van der Waals surface area contributed by atoms with E-state index < -0.39 is 17.3 Å². The van der Waals surface area contributed by atoms with Gasteiger partial charge in [-0.1, -0.05) is 23.2 Å². The van der Waals surface area contributed by atoms with Gasteiger partial charge >= 0.3 is 5.97 Å². The predicted octanol–water partition coefficient (Wildman–Crippen LogP) is 2.71. The zero-order chi connectivity index (χ0) is 11.7. The fraction of sp³-hybridized carbons (Fsp3) is 0.222. The molecule has 6 heteroatoms. The van der Waals surface area contributed by atoms with E-state index in [0.29, 0.717) is 5.56 Å². The molecule has 1 aromatic rings. The summed E-state index contributed by atoms with van der Waals surface area (Å²) in [5.74, 6) is -1.99. The van der Waals surface area contributed by atoms with Crippen LogP contribution in [0.3, 0.4) is 0 Å². The molecule has 0 heterocycles. The average molecular weight is 251 g/mol. The number of hydrogen-bond acceptors (Lipinski definition) is 3. The molecule has 15 heavy (non-hydrogen) atoms. The molecule has 1 rings (SSSR count). The summed E-state index contributed by atoms with van der Waals surface area (Å²) >= 11 is 11.5. The molecule has 0 atom stereocenters. The van der Waals surface area contributed by atoms with Crippen molar-refractivity contribution in [2.24, 2.45) is 0 Å². The molecule has 4 nitrogen and oxygen atoms in total. The lowest BCUT2D eigenvalue weighted by Crippen LogP contribution is -2.03. The Morgan fingerprint density at radius 1 is 1.33 bits per heavy atom. The van der Waals surface area contributed by atoms with Gasteiger partial charge in [0.15, 0.2) is 11.5 Å². The van der Waals surface area contributed by atoms with Gasteiger partial charge in [-0.25, -0.2) is 4.79 Å². The van der Waals surface area contributed by atoms with Gasteiger partial charge in [-0.3, -0.25) is 0 Å². The van der Waals surface area contributed by atoms with Crippen LogP contribution in [0.4, 0.5) is 0 Å². The van der Waals surface area contributed by atoms with Crippen molar-refractivity contribution in [1.82, 2.24) is 0 Å². The summed E-state index contributed by atoms with van der Waals surface area (Å²) in [6.45, 7) is 1.55. The minimum Gasteiger partial charge on any atom is -0.505 e. The molecule has 0 aromatic heterocycles. The highest BCUT2D eigenvalue weighted by Gasteiger charge is 2.25. The monoisotopic (exact) mass is 250 g/mol. The van der Waals surface area contributed by atoms with Gasteiger partial charge < -0.3 is 14.9 Å². The van der Waals surface area contributed by atoms with Crippen LogP contribution in [-0.2, 0) is 0 Å². The molecular weight excluding hydrogens is 243 g/mol. The van der Waals surface area contributed by atoms with E-state index in [1.54, 1.807) is 6.92 Å². The van der Waals surface area contributed by atoms with E-state index in [2.05, 4.69) is 0 Å². The first kappa shape index (κ1) is 11.9. The molecule has 0 radical (unpaired) electrons. The van der Waals surface area contributed by atoms with Gasteiger partial charge in [-0.15, -0.1) is 0 Å². The topological polar surface area (TPSA) is 66.8 Å². The molecule has 0 aliphatic heterocycles. The minimum atomic E-state index is -1.35. The Labute approximate surface area is 96.0 Å². The van der Waals surface area contributed by atoms with Crippen LogP contribution >= 0.6 is 23.2 Å². The highest BCUT2D eigenvalue weighted by atomic mass is 35.5. The molecule has 0 spiro atoms. The third kappa shape index (κ3) is 1.82. The summed E-state index contributed by atoms with van der Waals surface area (Å²) in [7, 11) is 1.26. The van der Waals surface area contributed by atoms with Gasteiger partial charge in [0, 0.05) is 0 Å². The number of aromatic carboxylic acids is 1. The molecule has 2 N–H and O–H groups in total. The third-order valence-corrected chi connectivity index (χ3v) is 2.87. The molecule has 0 aliphatic rings. The van der Waals surface area contributed by atoms with Crippen LogP contribution in [0.1, 0.15) is 15.9 Å². The zero-order valence-corrected chi connectivity index (χ0v) is 9.48. The SMILES string of the molecule is COc1c(Cl)c(C)c(Cl)c(O)c1C(=O)O. The zero-order valence-electron chi connectivity index (χ0n) is 7.97. The fourth-order valence-corrected chi connectivity index (χ4v) is 1.66. The number of phenols is 1. The largest absolute Gasteiger partial charge is 0.505 e. The standard InChI is InChI=1S/C9H8Cl2O4/c1-3-5(10)7(12)4(9(13)14)8(15-2)6(3)11/h12H,1-2H3,(H,13,14). The summed E-state index contributed by atoms with van der Waals surface area (Å²) in [6.07, 6.45) is 0. The normalized spacial score (nSPS) is 10.1. The van der Waals surface area contributed by atoms with Crippen LogP contribution in [-0.4, -0.2) is 23.3 Å². The molecule has 0 amide bonds. The summed E-state index contributed by atoms with van der Waals surface area (Å²) in [5.41, 5.74) is -0.0595. The number of ether oxygens (including phenoxy) is 1. The van der Waals surface area contributed by atoms with E-state index in [1.165, 1.54) is 7.11 Å². The van der Waals surface area contributed by atoms with Gasteiger partial charge in [-0.05, 0) is 12.5 Å². The summed E-state index contributed by atoms with van der Waals surface area (Å²) in [4.78, 5) is 10.9. The van der Waals surface area contributed by atoms with E-state index in [9.17, 15) is 9.90 Å². The van der Waals surface area contributed by atoms with Gasteiger partial charge in [0.2, 0.25) is 0 Å². The molecule has 0 fully saturated rings. The van der Waals surface area contributed by atoms with Crippen LogP contribution in [0, 0.1) is 6.92 Å². The van der Waals surface area contributed by atoms with Crippen molar-refractivity contribution >= 4 is 29.2 Å². The Morgan fingerprint density at radius 3 is 2.27 bits per heavy atom. The summed E-state index contributed by atoms with van der Waals surface area (Å²) < 4.78 is 4.82. The van der Waals surface area contributed by atoms with E-state index in [0.717, 1.165) is 0 Å². The first-order valence-electron chi connectivity index (χ1n) is 3.89. The second kappa shape index (κ2) is 4.16. The molecule has 0 aliphatic carbocycles. The van der Waals surface area contributed by atoms with Gasteiger partial charge in [-0.2, -0.15) is 0 Å². The van der Waals surface area contributed by atoms with Crippen molar-refractivity contribution in [3.05, 3.63) is 21.2 Å². The Balaban J connectivity index is 3.70. The van der Waals surface area contributed by atoms with E-state index in [1.807, 2.05) is 0 Å². The summed E-state index contributed by atoms with van der Waals surface area (Å²) in [5, 5.41) is 18.4. The Bertz CT molecular complexity index is 429. The summed E-state index contributed by atoms with van der Waals surface area (Å²) in [6, 6.07) is 0. The van der Waals surface area contributed by atoms with E-state index in [4.69, 9.17) is 33.0 Å². The fourth-order valence-electron chi connectivity index (χ4n) is 1.16. The van der Waals surface area contributed by atoms with Crippen LogP contribution in [0.25, 0.3) is 0 Å². The van der Waals surface area contributed by atoms with Crippen molar-refractivity contribution in [2.75, 3.05) is 7.11 Å². The van der Waals surface area contributed by atoms with Gasteiger partial charge in [0.1, 0.15) is 5.56 Å². The van der Waals surface area contributed by atoms with Crippen molar-refractivity contribution in [3.63, 3.8) is 0 Å². The maximum Gasteiger partial charge on any atom is 0.343 e. The maximum absolute atomic E-state index is 10.9. The van der Waals surface area contributed by atoms with E-state index in [-0.39, 0.29) is 15.8 Å². The Kier molecular flexibility index (Phi) is 3.31. The molecule has 0 bridgehead atoms. The Morgan fingerprint density at radius 2 is 1.87 bits per heavy atom. The van der Waals surface area contributed by atoms with Crippen LogP contribution in [0.2, 0.25) is 10.0 Å². The number of methoxy groups -OCH3 is 1. The number of hydrogen-bond donors (Lipinski definition) is 2.